The van der Waals surface area contributed by atoms with E-state index < -0.39 is 33.6 Å². The molecule has 11 heteroatoms. The number of benzene rings is 2. The molecule has 2 aliphatic heterocycles. The van der Waals surface area contributed by atoms with Crippen molar-refractivity contribution in [1.82, 2.24) is 4.72 Å². The summed E-state index contributed by atoms with van der Waals surface area (Å²) in [6.07, 6.45) is 7.65. The Morgan fingerprint density at radius 2 is 1.96 bits per heavy atom. The zero-order valence-electron chi connectivity index (χ0n) is 26.3. The summed E-state index contributed by atoms with van der Waals surface area (Å²) in [5, 5.41) is 11.8. The summed E-state index contributed by atoms with van der Waals surface area (Å²) >= 11 is 6.40. The Labute approximate surface area is 271 Å². The van der Waals surface area contributed by atoms with E-state index in [-0.39, 0.29) is 23.2 Å². The van der Waals surface area contributed by atoms with Gasteiger partial charge in [-0.1, -0.05) is 29.8 Å². The molecule has 5 rings (SSSR count). The van der Waals surface area contributed by atoms with Crippen LogP contribution in [0.1, 0.15) is 80.8 Å². The lowest BCUT2D eigenvalue weighted by Gasteiger charge is -2.42. The predicted octanol–water partition coefficient (Wildman–Crippen LogP) is 6.85. The smallest absolute Gasteiger partial charge is 0.420 e. The monoisotopic (exact) mass is 657 g/mol. The van der Waals surface area contributed by atoms with Crippen LogP contribution in [0.5, 0.6) is 5.75 Å². The summed E-state index contributed by atoms with van der Waals surface area (Å²) in [6.45, 7) is 6.83. The van der Waals surface area contributed by atoms with Crippen LogP contribution in [0, 0.1) is 11.8 Å². The Kier molecular flexibility index (Phi) is 10.5. The summed E-state index contributed by atoms with van der Waals surface area (Å²) in [6, 6.07) is 11.1. The average molecular weight is 658 g/mol. The zero-order valence-corrected chi connectivity index (χ0v) is 27.9. The highest BCUT2D eigenvalue weighted by molar-refractivity contribution is 7.92. The van der Waals surface area contributed by atoms with Gasteiger partial charge in [0.25, 0.3) is 5.91 Å². The molecule has 45 heavy (non-hydrogen) atoms. The van der Waals surface area contributed by atoms with Gasteiger partial charge < -0.3 is 19.5 Å². The van der Waals surface area contributed by atoms with Crippen molar-refractivity contribution in [2.75, 3.05) is 23.8 Å². The van der Waals surface area contributed by atoms with Gasteiger partial charge in [0.2, 0.25) is 0 Å². The van der Waals surface area contributed by atoms with Crippen LogP contribution in [-0.4, -0.2) is 51.9 Å². The molecular formula is C34H44ClN3O6S. The number of aliphatic hydroxyl groups excluding tert-OH is 1. The molecular weight excluding hydrogens is 614 g/mol. The lowest BCUT2D eigenvalue weighted by Crippen LogP contribution is -2.43. The fourth-order valence-electron chi connectivity index (χ4n) is 6.12. The van der Waals surface area contributed by atoms with Gasteiger partial charge in [0.15, 0.2) is 0 Å². The number of carbonyl (C=O) groups is 2. The number of nitrogens with one attached hydrogen (secondary N) is 1. The number of allylic oxidation sites excluding steroid dienone is 1. The van der Waals surface area contributed by atoms with Crippen LogP contribution in [0.25, 0.3) is 0 Å². The largest absolute Gasteiger partial charge is 0.491 e. The van der Waals surface area contributed by atoms with Gasteiger partial charge in [-0.3, -0.25) is 4.79 Å². The first kappa shape index (κ1) is 33.3. The Morgan fingerprint density at radius 1 is 1.13 bits per heavy atom. The molecule has 4 atom stereocenters. The van der Waals surface area contributed by atoms with Crippen molar-refractivity contribution in [1.29, 1.82) is 0 Å². The summed E-state index contributed by atoms with van der Waals surface area (Å²) < 4.78 is 32.1. The Balaban J connectivity index is 1.59. The highest BCUT2D eigenvalue weighted by Gasteiger charge is 2.37. The van der Waals surface area contributed by atoms with Gasteiger partial charge in [0.05, 0.1) is 24.2 Å². The molecule has 0 radical (unpaired) electrons. The van der Waals surface area contributed by atoms with Crippen molar-refractivity contribution in [2.24, 2.45) is 16.2 Å². The molecule has 1 unspecified atom stereocenters. The number of hydrogen-bond donors (Lipinski definition) is 2. The van der Waals surface area contributed by atoms with E-state index in [1.165, 1.54) is 5.56 Å². The summed E-state index contributed by atoms with van der Waals surface area (Å²) in [7, 11) is -3.52. The number of halogens is 1. The molecule has 0 aromatic heterocycles. The van der Waals surface area contributed by atoms with Crippen LogP contribution in [0.2, 0.25) is 5.02 Å². The molecule has 2 aromatic rings. The topological polar surface area (TPSA) is 118 Å². The highest BCUT2D eigenvalue weighted by Crippen LogP contribution is 2.41. The molecule has 244 valence electrons. The van der Waals surface area contributed by atoms with Gasteiger partial charge in [-0.05, 0) is 119 Å². The number of aliphatic hydroxyl groups is 1. The predicted molar refractivity (Wildman–Crippen MR) is 177 cm³/mol. The second-order valence-electron chi connectivity index (χ2n) is 13.2. The molecule has 0 saturated heterocycles. The summed E-state index contributed by atoms with van der Waals surface area (Å²) in [4.78, 5) is 28.5. The molecule has 2 aromatic carbocycles. The van der Waals surface area contributed by atoms with Crippen molar-refractivity contribution < 1.29 is 28.4 Å². The molecule has 1 fully saturated rings. The number of amides is 2. The normalized spacial score (nSPS) is 26.8. The van der Waals surface area contributed by atoms with E-state index in [1.807, 2.05) is 24.3 Å². The molecule has 0 spiro atoms. The van der Waals surface area contributed by atoms with Gasteiger partial charge in [-0.25, -0.2) is 13.7 Å². The molecule has 2 heterocycles. The summed E-state index contributed by atoms with van der Waals surface area (Å²) in [5.41, 5.74) is 2.48. The van der Waals surface area contributed by atoms with Crippen molar-refractivity contribution in [2.45, 2.75) is 84.0 Å². The number of nitrogens with zero attached hydrogens (tertiary/aromatic N) is 2. The SMILES string of the molecule is CC(C)(C)OC(=O)NS1(=O)=NC(=O)c2ccc3c(c2)N(Cc2ccc(Cl)cc2CCCCO3)C[C@@H]2CC[C@H]2[C@@H](O)/C=C/CCC1. The maximum atomic E-state index is 14.0. The van der Waals surface area contributed by atoms with Crippen molar-refractivity contribution >= 4 is 39.2 Å². The fourth-order valence-corrected chi connectivity index (χ4v) is 7.79. The van der Waals surface area contributed by atoms with E-state index in [2.05, 4.69) is 20.1 Å². The second-order valence-corrected chi connectivity index (χ2v) is 15.7. The number of carbonyl (C=O) groups excluding carboxylic acids is 2. The first-order valence-electron chi connectivity index (χ1n) is 15.8. The maximum absolute atomic E-state index is 14.0. The third-order valence-corrected chi connectivity index (χ3v) is 10.6. The molecule has 2 amide bonds. The number of aryl methyl sites for hydroxylation is 1. The van der Waals surface area contributed by atoms with E-state index in [4.69, 9.17) is 21.1 Å². The minimum absolute atomic E-state index is 0.0516. The third kappa shape index (κ3) is 8.80. The molecule has 1 saturated carbocycles. The van der Waals surface area contributed by atoms with Crippen LogP contribution in [0.15, 0.2) is 52.9 Å². The molecule has 1 aliphatic carbocycles. The molecule has 9 nitrogen and oxygen atoms in total. The minimum Gasteiger partial charge on any atom is -0.491 e. The van der Waals surface area contributed by atoms with E-state index in [0.717, 1.165) is 43.4 Å². The van der Waals surface area contributed by atoms with E-state index in [0.29, 0.717) is 43.3 Å². The van der Waals surface area contributed by atoms with Crippen molar-refractivity contribution in [3.05, 3.63) is 70.3 Å². The lowest BCUT2D eigenvalue weighted by atomic mass is 9.70. The van der Waals surface area contributed by atoms with Crippen LogP contribution >= 0.6 is 11.6 Å². The van der Waals surface area contributed by atoms with Gasteiger partial charge in [0, 0.05) is 23.7 Å². The Bertz CT molecular complexity index is 1560. The van der Waals surface area contributed by atoms with Crippen molar-refractivity contribution in [3.63, 3.8) is 0 Å². The second kappa shape index (κ2) is 14.1. The van der Waals surface area contributed by atoms with Gasteiger partial charge in [-0.15, -0.1) is 4.36 Å². The van der Waals surface area contributed by atoms with Crippen molar-refractivity contribution in [3.8, 4) is 5.75 Å². The third-order valence-electron chi connectivity index (χ3n) is 8.54. The molecule has 2 N–H and O–H groups in total. The van der Waals surface area contributed by atoms with Crippen LogP contribution in [0.4, 0.5) is 10.5 Å². The maximum Gasteiger partial charge on any atom is 0.420 e. The zero-order chi connectivity index (χ0) is 32.2. The number of rotatable bonds is 1. The van der Waals surface area contributed by atoms with E-state index in [1.54, 1.807) is 39.0 Å². The number of fused-ring (bicyclic) bond motifs is 3. The van der Waals surface area contributed by atoms with Gasteiger partial charge in [-0.2, -0.15) is 0 Å². The number of ether oxygens (including phenoxy) is 2. The molecule has 3 aliphatic rings. The molecule has 2 bridgehead atoms. The summed E-state index contributed by atoms with van der Waals surface area (Å²) in [5.74, 6) is 0.240. The minimum atomic E-state index is -3.52. The van der Waals surface area contributed by atoms with E-state index in [9.17, 15) is 18.9 Å². The standard InChI is InChI=1S/C34H44ClN3O6S/c1-34(2,3)44-33(41)37-45(42)18-8-4-5-10-30(39)28-15-12-26(28)22-38-21-25-11-14-27(35)19-23(25)9-6-7-17-43-31-16-13-24(20-29(31)38)32(40)36-45/h5,10-11,13-14,16,19-20,26,28,30,39H,4,6-9,12,15,17-18,21-22H2,1-3H3,(H,36,37,40,41,42)/b10-5+/t26-,28+,30-,45?/m0/s1. The average Bonchev–Trinajstić information content (AvgIpc) is 2.96. The first-order valence-corrected chi connectivity index (χ1v) is 17.9. The quantitative estimate of drug-likeness (QED) is 0.322. The van der Waals surface area contributed by atoms with Crippen LogP contribution in [0.3, 0.4) is 0 Å². The van der Waals surface area contributed by atoms with Gasteiger partial charge >= 0.3 is 6.09 Å². The highest BCUT2D eigenvalue weighted by atomic mass is 35.5. The fraction of sp³-hybridized carbons (Fsp3) is 0.529. The Morgan fingerprint density at radius 3 is 2.71 bits per heavy atom. The van der Waals surface area contributed by atoms with E-state index >= 15 is 0 Å². The number of anilines is 1. The van der Waals surface area contributed by atoms with Gasteiger partial charge in [0.1, 0.15) is 21.3 Å². The van der Waals surface area contributed by atoms with Crippen LogP contribution < -0.4 is 14.4 Å². The Hall–Kier alpha value is -3.08. The lowest BCUT2D eigenvalue weighted by molar-refractivity contribution is 0.0460. The first-order chi connectivity index (χ1) is 21.4. The van der Waals surface area contributed by atoms with Crippen LogP contribution in [-0.2, 0) is 27.6 Å². The number of hydrogen-bond acceptors (Lipinski definition) is 7.